The summed E-state index contributed by atoms with van der Waals surface area (Å²) in [5.41, 5.74) is 0.262. The maximum Gasteiger partial charge on any atom is 0.210 e. The van der Waals surface area contributed by atoms with Gasteiger partial charge in [0.25, 0.3) is 0 Å². The van der Waals surface area contributed by atoms with E-state index in [-0.39, 0.29) is 11.5 Å². The van der Waals surface area contributed by atoms with Crippen LogP contribution in [0, 0.1) is 16.2 Å². The summed E-state index contributed by atoms with van der Waals surface area (Å²) in [5.74, 6) is 0.574. The molecule has 1 saturated carbocycles. The summed E-state index contributed by atoms with van der Waals surface area (Å²) in [6, 6.07) is 0.275. The van der Waals surface area contributed by atoms with Crippen molar-refractivity contribution in [3.63, 3.8) is 0 Å². The summed E-state index contributed by atoms with van der Waals surface area (Å²) < 4.78 is 1.20. The third-order valence-electron chi connectivity index (χ3n) is 2.92. The molecule has 2 atom stereocenters. The SMILES string of the molecule is CC[N+](=O)C1C(C)C1(C)C. The third-order valence-corrected chi connectivity index (χ3v) is 2.92. The summed E-state index contributed by atoms with van der Waals surface area (Å²) in [4.78, 5) is 11.1. The van der Waals surface area contributed by atoms with Crippen LogP contribution in [0.25, 0.3) is 0 Å². The Balaban J connectivity index is 2.57. The van der Waals surface area contributed by atoms with Gasteiger partial charge in [0.05, 0.1) is 0 Å². The molecule has 2 nitrogen and oxygen atoms in total. The fourth-order valence-electron chi connectivity index (χ4n) is 1.68. The Bertz CT molecular complexity index is 163. The summed E-state index contributed by atoms with van der Waals surface area (Å²) in [5, 5.41) is 0. The van der Waals surface area contributed by atoms with E-state index >= 15 is 0 Å². The minimum absolute atomic E-state index is 0.262. The number of hydrogen-bond donors (Lipinski definition) is 0. The lowest BCUT2D eigenvalue weighted by Crippen LogP contribution is -2.14. The van der Waals surface area contributed by atoms with Gasteiger partial charge in [0.15, 0.2) is 6.54 Å². The molecule has 0 aliphatic heterocycles. The van der Waals surface area contributed by atoms with Crippen LogP contribution in [0.3, 0.4) is 0 Å². The van der Waals surface area contributed by atoms with Gasteiger partial charge >= 0.3 is 0 Å². The number of nitrogens with zero attached hydrogens (tertiary/aromatic N) is 1. The molecule has 0 aromatic rings. The highest BCUT2D eigenvalue weighted by Crippen LogP contribution is 2.53. The highest BCUT2D eigenvalue weighted by Gasteiger charge is 2.65. The van der Waals surface area contributed by atoms with Gasteiger partial charge in [-0.3, -0.25) is 0 Å². The maximum absolute atomic E-state index is 11.1. The summed E-state index contributed by atoms with van der Waals surface area (Å²) >= 11 is 0. The van der Waals surface area contributed by atoms with Crippen LogP contribution in [-0.2, 0) is 0 Å². The van der Waals surface area contributed by atoms with Crippen LogP contribution in [0.15, 0.2) is 0 Å². The van der Waals surface area contributed by atoms with E-state index in [1.807, 2.05) is 6.92 Å². The fourth-order valence-corrected chi connectivity index (χ4v) is 1.68. The molecule has 10 heavy (non-hydrogen) atoms. The van der Waals surface area contributed by atoms with Crippen molar-refractivity contribution < 1.29 is 4.76 Å². The number of nitroso groups, excluding NO2 is 1. The summed E-state index contributed by atoms with van der Waals surface area (Å²) in [7, 11) is 0. The second kappa shape index (κ2) is 2.04. The molecular weight excluding hydrogens is 126 g/mol. The smallest absolute Gasteiger partial charge is 0.0552 e. The van der Waals surface area contributed by atoms with Crippen molar-refractivity contribution in [2.24, 2.45) is 11.3 Å². The molecular formula is C8H16NO+. The van der Waals surface area contributed by atoms with Crippen molar-refractivity contribution in [3.05, 3.63) is 4.91 Å². The second-order valence-corrected chi connectivity index (χ2v) is 3.79. The quantitative estimate of drug-likeness (QED) is 0.538. The van der Waals surface area contributed by atoms with E-state index < -0.39 is 0 Å². The average molecular weight is 142 g/mol. The minimum atomic E-state index is 0.262. The first-order valence-electron chi connectivity index (χ1n) is 3.95. The molecule has 58 valence electrons. The Kier molecular flexibility index (Phi) is 1.57. The molecule has 0 aromatic carbocycles. The molecule has 0 radical (unpaired) electrons. The van der Waals surface area contributed by atoms with Gasteiger partial charge in [-0.1, -0.05) is 20.8 Å². The molecule has 0 N–H and O–H groups in total. The zero-order valence-corrected chi connectivity index (χ0v) is 7.22. The van der Waals surface area contributed by atoms with Crippen molar-refractivity contribution in [1.29, 1.82) is 0 Å². The Labute approximate surface area is 62.2 Å². The Hall–Kier alpha value is -0.400. The van der Waals surface area contributed by atoms with E-state index in [4.69, 9.17) is 0 Å². The largest absolute Gasteiger partial charge is 0.210 e. The highest BCUT2D eigenvalue weighted by molar-refractivity contribution is 5.03. The molecule has 0 saturated heterocycles. The molecule has 1 aliphatic rings. The van der Waals surface area contributed by atoms with E-state index in [9.17, 15) is 4.91 Å². The predicted octanol–water partition coefficient (Wildman–Crippen LogP) is 1.83. The Morgan fingerprint density at radius 3 is 2.00 bits per heavy atom. The van der Waals surface area contributed by atoms with Crippen LogP contribution >= 0.6 is 0 Å². The third kappa shape index (κ3) is 0.862. The van der Waals surface area contributed by atoms with Crippen LogP contribution in [0.4, 0.5) is 0 Å². The van der Waals surface area contributed by atoms with Gasteiger partial charge < -0.3 is 0 Å². The van der Waals surface area contributed by atoms with Gasteiger partial charge in [-0.2, -0.15) is 0 Å². The predicted molar refractivity (Wildman–Crippen MR) is 40.9 cm³/mol. The lowest BCUT2D eigenvalue weighted by atomic mass is 10.1. The molecule has 0 heterocycles. The molecule has 0 bridgehead atoms. The van der Waals surface area contributed by atoms with Crippen molar-refractivity contribution >= 4 is 0 Å². The van der Waals surface area contributed by atoms with Gasteiger partial charge in [-0.05, 0) is 6.92 Å². The molecule has 1 rings (SSSR count). The normalized spacial score (nSPS) is 35.6. The Morgan fingerprint density at radius 1 is 1.50 bits per heavy atom. The van der Waals surface area contributed by atoms with Crippen LogP contribution in [-0.4, -0.2) is 17.3 Å². The van der Waals surface area contributed by atoms with Crippen molar-refractivity contribution in [1.82, 2.24) is 0 Å². The lowest BCUT2D eigenvalue weighted by molar-refractivity contribution is -0.567. The van der Waals surface area contributed by atoms with Gasteiger partial charge in [-0.25, -0.2) is 0 Å². The Morgan fingerprint density at radius 2 is 1.90 bits per heavy atom. The van der Waals surface area contributed by atoms with Crippen molar-refractivity contribution in [2.75, 3.05) is 6.54 Å². The van der Waals surface area contributed by atoms with Crippen LogP contribution in [0.1, 0.15) is 27.7 Å². The monoisotopic (exact) mass is 142 g/mol. The minimum Gasteiger partial charge on any atom is -0.0552 e. The van der Waals surface area contributed by atoms with Crippen LogP contribution in [0.5, 0.6) is 0 Å². The average Bonchev–Trinajstić information content (AvgIpc) is 2.33. The highest BCUT2D eigenvalue weighted by atomic mass is 16.3. The first kappa shape index (κ1) is 7.70. The number of rotatable bonds is 2. The first-order valence-corrected chi connectivity index (χ1v) is 3.95. The van der Waals surface area contributed by atoms with Gasteiger partial charge in [0.1, 0.15) is 0 Å². The molecule has 2 heteroatoms. The van der Waals surface area contributed by atoms with Crippen LogP contribution < -0.4 is 0 Å². The van der Waals surface area contributed by atoms with Gasteiger partial charge in [-0.15, -0.1) is 0 Å². The van der Waals surface area contributed by atoms with E-state index in [2.05, 4.69) is 20.8 Å². The maximum atomic E-state index is 11.1. The molecule has 0 amide bonds. The number of hydrogen-bond acceptors (Lipinski definition) is 1. The topological polar surface area (TPSA) is 20.1 Å². The fraction of sp³-hybridized carbons (Fsp3) is 1.00. The zero-order chi connectivity index (χ0) is 7.94. The van der Waals surface area contributed by atoms with E-state index in [0.717, 1.165) is 0 Å². The lowest BCUT2D eigenvalue weighted by Gasteiger charge is -1.92. The van der Waals surface area contributed by atoms with Gasteiger partial charge in [0.2, 0.25) is 6.04 Å². The van der Waals surface area contributed by atoms with Crippen LogP contribution in [0.2, 0.25) is 0 Å². The molecule has 2 unspecified atom stereocenters. The van der Waals surface area contributed by atoms with Crippen molar-refractivity contribution in [2.45, 2.75) is 33.7 Å². The summed E-state index contributed by atoms with van der Waals surface area (Å²) in [6.45, 7) is 8.99. The second-order valence-electron chi connectivity index (χ2n) is 3.79. The van der Waals surface area contributed by atoms with Crippen molar-refractivity contribution in [3.8, 4) is 0 Å². The van der Waals surface area contributed by atoms with E-state index in [1.165, 1.54) is 4.76 Å². The first-order chi connectivity index (χ1) is 4.51. The van der Waals surface area contributed by atoms with Gasteiger partial charge in [0, 0.05) is 21.0 Å². The van der Waals surface area contributed by atoms with E-state index in [0.29, 0.717) is 12.5 Å². The standard InChI is InChI=1S/C8H16NO/c1-5-9(10)7-6(2)8(7,3)4/h6-7H,5H2,1-4H3/q+1. The zero-order valence-electron chi connectivity index (χ0n) is 7.22. The van der Waals surface area contributed by atoms with E-state index in [1.54, 1.807) is 0 Å². The summed E-state index contributed by atoms with van der Waals surface area (Å²) in [6.07, 6.45) is 0. The molecule has 0 spiro atoms. The molecule has 1 aliphatic carbocycles. The molecule has 0 aromatic heterocycles. The molecule has 1 fully saturated rings.